The van der Waals surface area contributed by atoms with Crippen molar-refractivity contribution in [3.8, 4) is 0 Å². The predicted octanol–water partition coefficient (Wildman–Crippen LogP) is 0.836. The van der Waals surface area contributed by atoms with Gasteiger partial charge in [0.2, 0.25) is 0 Å². The van der Waals surface area contributed by atoms with Crippen LogP contribution < -0.4 is 5.73 Å². The Morgan fingerprint density at radius 1 is 1.64 bits per heavy atom. The minimum Gasteiger partial charge on any atom is -0.463 e. The molecule has 0 aromatic heterocycles. The van der Waals surface area contributed by atoms with Crippen molar-refractivity contribution in [3.63, 3.8) is 0 Å². The molecule has 0 bridgehead atoms. The van der Waals surface area contributed by atoms with Gasteiger partial charge in [0, 0.05) is 12.1 Å². The van der Waals surface area contributed by atoms with E-state index in [0.717, 1.165) is 19.4 Å². The summed E-state index contributed by atoms with van der Waals surface area (Å²) in [5.74, 6) is -0.243. The lowest BCUT2D eigenvalue weighted by molar-refractivity contribution is -0.148. The Morgan fingerprint density at radius 3 is 2.86 bits per heavy atom. The Kier molecular flexibility index (Phi) is 3.89. The van der Waals surface area contributed by atoms with Crippen LogP contribution in [0.2, 0.25) is 0 Å². The summed E-state index contributed by atoms with van der Waals surface area (Å²) in [7, 11) is 0. The number of carbonyl (C=O) groups excluding carboxylic acids is 1. The normalized spacial score (nSPS) is 22.4. The van der Waals surface area contributed by atoms with Gasteiger partial charge in [-0.2, -0.15) is 0 Å². The van der Waals surface area contributed by atoms with Crippen molar-refractivity contribution in [2.45, 2.75) is 44.8 Å². The minimum absolute atomic E-state index is 0.0971. The fraction of sp³-hybridized carbons (Fsp3) is 0.900. The second kappa shape index (κ2) is 4.75. The molecule has 14 heavy (non-hydrogen) atoms. The highest BCUT2D eigenvalue weighted by atomic mass is 16.6. The van der Waals surface area contributed by atoms with Crippen LogP contribution in [0.25, 0.3) is 0 Å². The molecular formula is C10H19NO3. The molecule has 82 valence electrons. The maximum Gasteiger partial charge on any atom is 0.307 e. The van der Waals surface area contributed by atoms with Crippen molar-refractivity contribution in [3.05, 3.63) is 0 Å². The third-order valence-electron chi connectivity index (χ3n) is 2.05. The molecule has 1 heterocycles. The van der Waals surface area contributed by atoms with Gasteiger partial charge in [0.1, 0.15) is 6.61 Å². The van der Waals surface area contributed by atoms with E-state index in [0.29, 0.717) is 6.61 Å². The van der Waals surface area contributed by atoms with Crippen molar-refractivity contribution >= 4 is 5.97 Å². The van der Waals surface area contributed by atoms with Crippen LogP contribution >= 0.6 is 0 Å². The molecule has 0 spiro atoms. The van der Waals surface area contributed by atoms with Gasteiger partial charge in [0.05, 0.1) is 12.5 Å². The van der Waals surface area contributed by atoms with E-state index in [-0.39, 0.29) is 18.5 Å². The van der Waals surface area contributed by atoms with Crippen molar-refractivity contribution in [2.24, 2.45) is 5.73 Å². The quantitative estimate of drug-likeness (QED) is 0.684. The van der Waals surface area contributed by atoms with Crippen LogP contribution in [0.15, 0.2) is 0 Å². The minimum atomic E-state index is -0.492. The van der Waals surface area contributed by atoms with E-state index in [9.17, 15) is 4.79 Å². The van der Waals surface area contributed by atoms with Gasteiger partial charge in [0.15, 0.2) is 0 Å². The van der Waals surface area contributed by atoms with Crippen LogP contribution in [-0.4, -0.2) is 30.8 Å². The summed E-state index contributed by atoms with van der Waals surface area (Å²) in [4.78, 5) is 11.3. The van der Waals surface area contributed by atoms with E-state index in [2.05, 4.69) is 0 Å². The van der Waals surface area contributed by atoms with Crippen LogP contribution in [0, 0.1) is 0 Å². The molecule has 0 radical (unpaired) electrons. The summed E-state index contributed by atoms with van der Waals surface area (Å²) >= 11 is 0. The van der Waals surface area contributed by atoms with Gasteiger partial charge in [-0.25, -0.2) is 0 Å². The molecule has 0 aliphatic carbocycles. The Balaban J connectivity index is 2.14. The first-order valence-corrected chi connectivity index (χ1v) is 5.03. The molecule has 1 aliphatic rings. The summed E-state index contributed by atoms with van der Waals surface area (Å²) in [6.07, 6.45) is 2.39. The van der Waals surface area contributed by atoms with Gasteiger partial charge in [0.25, 0.3) is 0 Å². The largest absolute Gasteiger partial charge is 0.463 e. The van der Waals surface area contributed by atoms with Crippen LogP contribution in [0.3, 0.4) is 0 Å². The van der Waals surface area contributed by atoms with Crippen molar-refractivity contribution in [2.75, 3.05) is 13.2 Å². The standard InChI is InChI=1S/C10H19NO3/c1-10(2,11)6-9(12)14-7-8-4-3-5-13-8/h8H,3-7,11H2,1-2H3. The Hall–Kier alpha value is -0.610. The van der Waals surface area contributed by atoms with Gasteiger partial charge in [-0.05, 0) is 26.7 Å². The zero-order chi connectivity index (χ0) is 10.6. The lowest BCUT2D eigenvalue weighted by atomic mass is 10.0. The van der Waals surface area contributed by atoms with E-state index < -0.39 is 5.54 Å². The first-order chi connectivity index (χ1) is 6.47. The first kappa shape index (κ1) is 11.5. The molecule has 0 aromatic rings. The molecule has 1 saturated heterocycles. The molecule has 4 heteroatoms. The summed E-state index contributed by atoms with van der Waals surface area (Å²) < 4.78 is 10.4. The number of carbonyl (C=O) groups is 1. The molecule has 0 amide bonds. The van der Waals surface area contributed by atoms with Crippen LogP contribution in [0.4, 0.5) is 0 Å². The topological polar surface area (TPSA) is 61.6 Å². The molecule has 1 rings (SSSR count). The second-order valence-electron chi connectivity index (χ2n) is 4.48. The summed E-state index contributed by atoms with van der Waals surface area (Å²) in [6, 6.07) is 0. The number of ether oxygens (including phenoxy) is 2. The summed E-state index contributed by atoms with van der Waals surface area (Å²) in [5, 5.41) is 0. The molecule has 1 atom stereocenters. The van der Waals surface area contributed by atoms with Gasteiger partial charge in [-0.3, -0.25) is 4.79 Å². The van der Waals surface area contributed by atoms with E-state index in [1.54, 1.807) is 13.8 Å². The highest BCUT2D eigenvalue weighted by Crippen LogP contribution is 2.13. The van der Waals surface area contributed by atoms with Gasteiger partial charge >= 0.3 is 5.97 Å². The Morgan fingerprint density at radius 2 is 2.36 bits per heavy atom. The summed E-state index contributed by atoms with van der Waals surface area (Å²) in [5.41, 5.74) is 5.20. The fourth-order valence-corrected chi connectivity index (χ4v) is 1.38. The van der Waals surface area contributed by atoms with Gasteiger partial charge < -0.3 is 15.2 Å². The number of esters is 1. The molecule has 1 aliphatic heterocycles. The molecular weight excluding hydrogens is 182 g/mol. The SMILES string of the molecule is CC(C)(N)CC(=O)OCC1CCCO1. The number of hydrogen-bond donors (Lipinski definition) is 1. The van der Waals surface area contributed by atoms with E-state index in [4.69, 9.17) is 15.2 Å². The third-order valence-corrected chi connectivity index (χ3v) is 2.05. The van der Waals surface area contributed by atoms with Crippen molar-refractivity contribution in [1.29, 1.82) is 0 Å². The monoisotopic (exact) mass is 201 g/mol. The Labute approximate surface area is 84.7 Å². The van der Waals surface area contributed by atoms with Crippen LogP contribution in [-0.2, 0) is 14.3 Å². The van der Waals surface area contributed by atoms with E-state index in [1.807, 2.05) is 0 Å². The lowest BCUT2D eigenvalue weighted by Gasteiger charge is -2.17. The third kappa shape index (κ3) is 4.58. The molecule has 0 saturated carbocycles. The van der Waals surface area contributed by atoms with Gasteiger partial charge in [-0.1, -0.05) is 0 Å². The number of rotatable bonds is 4. The zero-order valence-electron chi connectivity index (χ0n) is 8.91. The van der Waals surface area contributed by atoms with Crippen LogP contribution in [0.1, 0.15) is 33.1 Å². The average Bonchev–Trinajstić information content (AvgIpc) is 2.49. The van der Waals surface area contributed by atoms with Crippen molar-refractivity contribution in [1.82, 2.24) is 0 Å². The molecule has 2 N–H and O–H groups in total. The maximum atomic E-state index is 11.3. The number of nitrogens with two attached hydrogens (primary N) is 1. The highest BCUT2D eigenvalue weighted by molar-refractivity contribution is 5.70. The fourth-order valence-electron chi connectivity index (χ4n) is 1.38. The van der Waals surface area contributed by atoms with Crippen LogP contribution in [0.5, 0.6) is 0 Å². The average molecular weight is 201 g/mol. The molecule has 0 aromatic carbocycles. The Bertz CT molecular complexity index is 192. The molecule has 4 nitrogen and oxygen atoms in total. The number of hydrogen-bond acceptors (Lipinski definition) is 4. The highest BCUT2D eigenvalue weighted by Gasteiger charge is 2.20. The van der Waals surface area contributed by atoms with Gasteiger partial charge in [-0.15, -0.1) is 0 Å². The molecule has 1 unspecified atom stereocenters. The maximum absolute atomic E-state index is 11.3. The zero-order valence-corrected chi connectivity index (χ0v) is 8.91. The smallest absolute Gasteiger partial charge is 0.307 e. The van der Waals surface area contributed by atoms with E-state index >= 15 is 0 Å². The van der Waals surface area contributed by atoms with Crippen molar-refractivity contribution < 1.29 is 14.3 Å². The van der Waals surface area contributed by atoms with E-state index in [1.165, 1.54) is 0 Å². The molecule has 1 fully saturated rings. The second-order valence-corrected chi connectivity index (χ2v) is 4.48. The first-order valence-electron chi connectivity index (χ1n) is 5.03. The summed E-state index contributed by atoms with van der Waals surface area (Å²) in [6.45, 7) is 4.76. The lowest BCUT2D eigenvalue weighted by Crippen LogP contribution is -2.35. The predicted molar refractivity (Wildman–Crippen MR) is 52.8 cm³/mol.